The van der Waals surface area contributed by atoms with E-state index in [9.17, 15) is 4.79 Å². The third-order valence-electron chi connectivity index (χ3n) is 3.46. The zero-order chi connectivity index (χ0) is 14.8. The summed E-state index contributed by atoms with van der Waals surface area (Å²) >= 11 is 0. The first-order chi connectivity index (χ1) is 10.1. The Kier molecular flexibility index (Phi) is 3.28. The van der Waals surface area contributed by atoms with Gasteiger partial charge in [0.15, 0.2) is 0 Å². The van der Waals surface area contributed by atoms with E-state index in [4.69, 9.17) is 5.11 Å². The van der Waals surface area contributed by atoms with Crippen molar-refractivity contribution in [2.24, 2.45) is 7.05 Å². The number of fused-ring (bicyclic) bond motifs is 1. The Balaban J connectivity index is 2.11. The average molecular weight is 278 g/mol. The topological polar surface area (TPSA) is 55.1 Å². The second-order valence-electron chi connectivity index (χ2n) is 4.83. The van der Waals surface area contributed by atoms with Crippen molar-refractivity contribution in [2.45, 2.75) is 0 Å². The maximum absolute atomic E-state index is 10.7. The Hall–Kier alpha value is -2.88. The Bertz CT molecular complexity index is 847. The zero-order valence-electron chi connectivity index (χ0n) is 11.5. The number of hydrogen-bond donors (Lipinski definition) is 1. The quantitative estimate of drug-likeness (QED) is 0.748. The minimum atomic E-state index is -0.962. The average Bonchev–Trinajstić information content (AvgIpc) is 2.86. The molecule has 0 aliphatic carbocycles. The number of pyridine rings is 1. The molecule has 3 aromatic rings. The van der Waals surface area contributed by atoms with Crippen molar-refractivity contribution in [3.8, 4) is 11.1 Å². The lowest BCUT2D eigenvalue weighted by molar-refractivity contribution is -0.131. The SMILES string of the molecule is Cn1ccc2cc(-c3cnccc3/C=C/C(=O)O)ccc21. The molecule has 0 fully saturated rings. The molecule has 4 nitrogen and oxygen atoms in total. The highest BCUT2D eigenvalue weighted by molar-refractivity contribution is 5.90. The van der Waals surface area contributed by atoms with Gasteiger partial charge in [-0.25, -0.2) is 4.79 Å². The lowest BCUT2D eigenvalue weighted by Gasteiger charge is -2.06. The molecule has 2 aromatic heterocycles. The molecule has 1 aromatic carbocycles. The van der Waals surface area contributed by atoms with Gasteiger partial charge >= 0.3 is 5.97 Å². The molecule has 0 spiro atoms. The smallest absolute Gasteiger partial charge is 0.328 e. The second-order valence-corrected chi connectivity index (χ2v) is 4.83. The number of nitrogens with zero attached hydrogens (tertiary/aromatic N) is 2. The van der Waals surface area contributed by atoms with E-state index in [0.29, 0.717) is 0 Å². The van der Waals surface area contributed by atoms with E-state index in [0.717, 1.165) is 33.7 Å². The summed E-state index contributed by atoms with van der Waals surface area (Å²) in [6, 6.07) is 10.0. The van der Waals surface area contributed by atoms with Gasteiger partial charge in [-0.2, -0.15) is 0 Å². The standard InChI is InChI=1S/C17H14N2O2/c1-19-9-7-14-10-13(2-4-16(14)19)15-11-18-8-6-12(15)3-5-17(20)21/h2-11H,1H3,(H,20,21)/b5-3+. The number of carbonyl (C=O) groups is 1. The molecule has 0 unspecified atom stereocenters. The molecule has 0 saturated carbocycles. The van der Waals surface area contributed by atoms with Crippen LogP contribution in [0.4, 0.5) is 0 Å². The van der Waals surface area contributed by atoms with E-state index in [1.54, 1.807) is 18.5 Å². The molecule has 0 amide bonds. The van der Waals surface area contributed by atoms with E-state index >= 15 is 0 Å². The number of rotatable bonds is 3. The monoisotopic (exact) mass is 278 g/mol. The van der Waals surface area contributed by atoms with Gasteiger partial charge in [-0.1, -0.05) is 6.07 Å². The number of aromatic nitrogens is 2. The number of hydrogen-bond acceptors (Lipinski definition) is 2. The van der Waals surface area contributed by atoms with E-state index in [-0.39, 0.29) is 0 Å². The maximum atomic E-state index is 10.7. The van der Waals surface area contributed by atoms with Gasteiger partial charge in [-0.05, 0) is 41.5 Å². The molecule has 0 aliphatic rings. The van der Waals surface area contributed by atoms with Crippen molar-refractivity contribution in [1.29, 1.82) is 0 Å². The first-order valence-electron chi connectivity index (χ1n) is 6.55. The van der Waals surface area contributed by atoms with Crippen molar-refractivity contribution in [1.82, 2.24) is 9.55 Å². The van der Waals surface area contributed by atoms with Crippen molar-refractivity contribution >= 4 is 22.9 Å². The van der Waals surface area contributed by atoms with Crippen LogP contribution in [0, 0.1) is 0 Å². The van der Waals surface area contributed by atoms with Gasteiger partial charge < -0.3 is 9.67 Å². The molecule has 0 bridgehead atoms. The fourth-order valence-electron chi connectivity index (χ4n) is 2.40. The lowest BCUT2D eigenvalue weighted by Crippen LogP contribution is -1.89. The van der Waals surface area contributed by atoms with Gasteiger partial charge in [0.1, 0.15) is 0 Å². The van der Waals surface area contributed by atoms with Crippen LogP contribution in [0.15, 0.2) is 55.0 Å². The predicted octanol–water partition coefficient (Wildman–Crippen LogP) is 3.34. The minimum absolute atomic E-state index is 0.836. The molecular weight excluding hydrogens is 264 g/mol. The van der Waals surface area contributed by atoms with Crippen molar-refractivity contribution in [3.63, 3.8) is 0 Å². The summed E-state index contributed by atoms with van der Waals surface area (Å²) in [6.45, 7) is 0. The molecular formula is C17H14N2O2. The van der Waals surface area contributed by atoms with Crippen LogP contribution < -0.4 is 0 Å². The Morgan fingerprint density at radius 1 is 1.29 bits per heavy atom. The zero-order valence-corrected chi connectivity index (χ0v) is 11.5. The summed E-state index contributed by atoms with van der Waals surface area (Å²) < 4.78 is 2.06. The third-order valence-corrected chi connectivity index (χ3v) is 3.46. The van der Waals surface area contributed by atoms with Gasteiger partial charge in [0.05, 0.1) is 0 Å². The minimum Gasteiger partial charge on any atom is -0.478 e. The van der Waals surface area contributed by atoms with Crippen LogP contribution in [-0.2, 0) is 11.8 Å². The van der Waals surface area contributed by atoms with Crippen LogP contribution in [0.5, 0.6) is 0 Å². The van der Waals surface area contributed by atoms with Gasteiger partial charge in [0, 0.05) is 48.2 Å². The molecule has 4 heteroatoms. The van der Waals surface area contributed by atoms with Crippen LogP contribution in [0.25, 0.3) is 28.1 Å². The molecule has 1 N–H and O–H groups in total. The highest BCUT2D eigenvalue weighted by Crippen LogP contribution is 2.27. The number of aliphatic carboxylic acids is 1. The first-order valence-corrected chi connectivity index (χ1v) is 6.55. The molecule has 0 radical (unpaired) electrons. The molecule has 2 heterocycles. The summed E-state index contributed by atoms with van der Waals surface area (Å²) in [7, 11) is 2.01. The van der Waals surface area contributed by atoms with E-state index in [1.807, 2.05) is 25.4 Å². The van der Waals surface area contributed by atoms with E-state index in [2.05, 4.69) is 27.8 Å². The second kappa shape index (κ2) is 5.25. The predicted molar refractivity (Wildman–Crippen MR) is 82.8 cm³/mol. The van der Waals surface area contributed by atoms with Crippen LogP contribution in [0.3, 0.4) is 0 Å². The van der Waals surface area contributed by atoms with E-state index in [1.165, 1.54) is 0 Å². The summed E-state index contributed by atoms with van der Waals surface area (Å²) in [5.74, 6) is -0.962. The van der Waals surface area contributed by atoms with Crippen molar-refractivity contribution in [3.05, 3.63) is 60.6 Å². The molecule has 0 saturated heterocycles. The largest absolute Gasteiger partial charge is 0.478 e. The van der Waals surface area contributed by atoms with Gasteiger partial charge in [-0.3, -0.25) is 4.98 Å². The molecule has 3 rings (SSSR count). The highest BCUT2D eigenvalue weighted by Gasteiger charge is 2.06. The van der Waals surface area contributed by atoms with Crippen molar-refractivity contribution < 1.29 is 9.90 Å². The van der Waals surface area contributed by atoms with Gasteiger partial charge in [-0.15, -0.1) is 0 Å². The Morgan fingerprint density at radius 2 is 2.14 bits per heavy atom. The number of carboxylic acids is 1. The first kappa shape index (κ1) is 13.1. The Labute approximate surface area is 122 Å². The summed E-state index contributed by atoms with van der Waals surface area (Å²) in [6.07, 6.45) is 8.16. The third kappa shape index (κ3) is 2.56. The van der Waals surface area contributed by atoms with E-state index < -0.39 is 5.97 Å². The highest BCUT2D eigenvalue weighted by atomic mass is 16.4. The van der Waals surface area contributed by atoms with Gasteiger partial charge in [0.2, 0.25) is 0 Å². The molecule has 104 valence electrons. The summed E-state index contributed by atoms with van der Waals surface area (Å²) in [5.41, 5.74) is 3.93. The molecule has 0 atom stereocenters. The summed E-state index contributed by atoms with van der Waals surface area (Å²) in [4.78, 5) is 14.8. The molecule has 0 aliphatic heterocycles. The van der Waals surface area contributed by atoms with Crippen LogP contribution in [0.2, 0.25) is 0 Å². The van der Waals surface area contributed by atoms with Crippen LogP contribution in [0.1, 0.15) is 5.56 Å². The lowest BCUT2D eigenvalue weighted by atomic mass is 10.0. The normalized spacial score (nSPS) is 11.3. The number of benzene rings is 1. The number of carboxylic acid groups (broad SMARTS) is 1. The number of aryl methyl sites for hydroxylation is 1. The van der Waals surface area contributed by atoms with Crippen molar-refractivity contribution in [2.75, 3.05) is 0 Å². The van der Waals surface area contributed by atoms with Crippen LogP contribution >= 0.6 is 0 Å². The maximum Gasteiger partial charge on any atom is 0.328 e. The molecule has 21 heavy (non-hydrogen) atoms. The Morgan fingerprint density at radius 3 is 2.95 bits per heavy atom. The van der Waals surface area contributed by atoms with Crippen LogP contribution in [-0.4, -0.2) is 20.6 Å². The fraction of sp³-hybridized carbons (Fsp3) is 0.0588. The fourth-order valence-corrected chi connectivity index (χ4v) is 2.40. The summed E-state index contributed by atoms with van der Waals surface area (Å²) in [5, 5.41) is 9.92. The van der Waals surface area contributed by atoms with Gasteiger partial charge in [0.25, 0.3) is 0 Å².